The summed E-state index contributed by atoms with van der Waals surface area (Å²) in [5.74, 6) is 1.98. The van der Waals surface area contributed by atoms with Gasteiger partial charge in [0.05, 0.1) is 5.75 Å². The topological polar surface area (TPSA) is 63.2 Å². The summed E-state index contributed by atoms with van der Waals surface area (Å²) in [6, 6.07) is 7.42. The Hall–Kier alpha value is -0.880. The van der Waals surface area contributed by atoms with Crippen molar-refractivity contribution in [2.45, 2.75) is 43.9 Å². The lowest BCUT2D eigenvalue weighted by Crippen LogP contribution is -2.56. The largest absolute Gasteiger partial charge is 0.352 e. The summed E-state index contributed by atoms with van der Waals surface area (Å²) in [5, 5.41) is 3.09. The van der Waals surface area contributed by atoms with Gasteiger partial charge in [0.2, 0.25) is 5.91 Å². The van der Waals surface area contributed by atoms with Gasteiger partial charge in [-0.3, -0.25) is 4.79 Å². The van der Waals surface area contributed by atoms with E-state index in [2.05, 4.69) is 21.2 Å². The summed E-state index contributed by atoms with van der Waals surface area (Å²) in [6.45, 7) is 0. The molecule has 4 bridgehead atoms. The van der Waals surface area contributed by atoms with Gasteiger partial charge in [-0.15, -0.1) is 0 Å². The Balaban J connectivity index is 1.37. The molecule has 4 saturated carbocycles. The van der Waals surface area contributed by atoms with Gasteiger partial charge < -0.3 is 5.32 Å². The molecule has 0 atom stereocenters. The zero-order chi connectivity index (χ0) is 17.6. The lowest BCUT2D eigenvalue weighted by Gasteiger charge is -2.54. The van der Waals surface area contributed by atoms with E-state index in [0.29, 0.717) is 17.4 Å². The van der Waals surface area contributed by atoms with Crippen LogP contribution in [0.4, 0.5) is 0 Å². The Morgan fingerprint density at radius 3 is 2.32 bits per heavy atom. The van der Waals surface area contributed by atoms with E-state index in [4.69, 9.17) is 0 Å². The van der Waals surface area contributed by atoms with Gasteiger partial charge in [0.15, 0.2) is 9.84 Å². The van der Waals surface area contributed by atoms with Crippen molar-refractivity contribution >= 4 is 31.7 Å². The minimum atomic E-state index is -3.46. The molecule has 136 valence electrons. The predicted molar refractivity (Wildman–Crippen MR) is 101 cm³/mol. The molecule has 25 heavy (non-hydrogen) atoms. The van der Waals surface area contributed by atoms with Crippen LogP contribution < -0.4 is 5.32 Å². The Labute approximate surface area is 157 Å². The Morgan fingerprint density at radius 2 is 1.72 bits per heavy atom. The first-order valence-corrected chi connectivity index (χ1v) is 11.7. The third-order valence-corrected chi connectivity index (χ3v) is 8.15. The van der Waals surface area contributed by atoms with Gasteiger partial charge in [-0.25, -0.2) is 8.42 Å². The molecular formula is C19H24BrNO3S. The normalized spacial score (nSPS) is 33.4. The third kappa shape index (κ3) is 3.95. The van der Waals surface area contributed by atoms with E-state index in [-0.39, 0.29) is 17.7 Å². The maximum atomic E-state index is 12.4. The van der Waals surface area contributed by atoms with Crippen LogP contribution in [0.3, 0.4) is 0 Å². The number of carbonyl (C=O) groups excluding carboxylic acids is 1. The third-order valence-electron chi connectivity index (χ3n) is 6.18. The lowest BCUT2D eigenvalue weighted by atomic mass is 9.54. The number of rotatable bonds is 5. The molecule has 4 aliphatic rings. The summed E-state index contributed by atoms with van der Waals surface area (Å²) in [4.78, 5) is 12.4. The zero-order valence-corrected chi connectivity index (χ0v) is 16.6. The van der Waals surface area contributed by atoms with Crippen LogP contribution in [0.1, 0.15) is 37.7 Å². The molecule has 1 N–H and O–H groups in total. The first kappa shape index (κ1) is 17.5. The number of carbonyl (C=O) groups is 1. The van der Waals surface area contributed by atoms with E-state index < -0.39 is 15.6 Å². The first-order chi connectivity index (χ1) is 11.9. The van der Waals surface area contributed by atoms with Crippen molar-refractivity contribution in [3.05, 3.63) is 34.3 Å². The van der Waals surface area contributed by atoms with Crippen LogP contribution in [0.15, 0.2) is 28.7 Å². The van der Waals surface area contributed by atoms with Crippen LogP contribution in [0.2, 0.25) is 0 Å². The Bertz CT molecular complexity index is 749. The zero-order valence-electron chi connectivity index (χ0n) is 14.2. The monoisotopic (exact) mass is 425 g/mol. The average Bonchev–Trinajstić information content (AvgIpc) is 2.49. The molecule has 0 saturated heterocycles. The molecule has 0 aliphatic heterocycles. The van der Waals surface area contributed by atoms with Crippen molar-refractivity contribution in [3.63, 3.8) is 0 Å². The number of hydrogen-bond acceptors (Lipinski definition) is 3. The van der Waals surface area contributed by atoms with Crippen LogP contribution in [-0.2, 0) is 20.4 Å². The van der Waals surface area contributed by atoms with Crippen molar-refractivity contribution in [2.24, 2.45) is 23.7 Å². The van der Waals surface area contributed by atoms with E-state index in [1.54, 1.807) is 12.1 Å². The average molecular weight is 426 g/mol. The molecule has 4 nitrogen and oxygen atoms in total. The van der Waals surface area contributed by atoms with Crippen LogP contribution >= 0.6 is 15.9 Å². The van der Waals surface area contributed by atoms with Gasteiger partial charge in [-0.1, -0.05) is 28.1 Å². The molecule has 1 aromatic carbocycles. The number of nitrogens with one attached hydrogen (secondary N) is 1. The molecule has 1 amide bonds. The summed E-state index contributed by atoms with van der Waals surface area (Å²) in [6.07, 6.45) is 6.21. The smallest absolute Gasteiger partial charge is 0.235 e. The van der Waals surface area contributed by atoms with Gasteiger partial charge in [-0.2, -0.15) is 0 Å². The molecule has 0 aromatic heterocycles. The van der Waals surface area contributed by atoms with Crippen molar-refractivity contribution in [2.75, 3.05) is 5.75 Å². The molecule has 1 aromatic rings. The van der Waals surface area contributed by atoms with Gasteiger partial charge in [-0.05, 0) is 73.5 Å². The predicted octanol–water partition coefficient (Wildman–Crippen LogP) is 3.30. The second kappa shape index (κ2) is 6.69. The van der Waals surface area contributed by atoms with Gasteiger partial charge in [0.25, 0.3) is 0 Å². The molecule has 0 radical (unpaired) electrons. The Kier molecular flexibility index (Phi) is 4.69. The van der Waals surface area contributed by atoms with Crippen molar-refractivity contribution in [1.82, 2.24) is 5.32 Å². The highest BCUT2D eigenvalue weighted by atomic mass is 79.9. The maximum Gasteiger partial charge on any atom is 0.235 e. The summed E-state index contributed by atoms with van der Waals surface area (Å²) in [5.41, 5.74) is 0.705. The molecular weight excluding hydrogens is 402 g/mol. The maximum absolute atomic E-state index is 12.4. The molecule has 4 aliphatic carbocycles. The fraction of sp³-hybridized carbons (Fsp3) is 0.632. The molecule has 0 unspecified atom stereocenters. The van der Waals surface area contributed by atoms with E-state index in [1.165, 1.54) is 32.1 Å². The van der Waals surface area contributed by atoms with Gasteiger partial charge in [0.1, 0.15) is 5.75 Å². The fourth-order valence-corrected chi connectivity index (χ4v) is 7.24. The molecule has 0 spiro atoms. The second-order valence-corrected chi connectivity index (χ2v) is 11.2. The van der Waals surface area contributed by atoms with Crippen molar-refractivity contribution in [3.8, 4) is 0 Å². The van der Waals surface area contributed by atoms with Gasteiger partial charge >= 0.3 is 0 Å². The summed E-state index contributed by atoms with van der Waals surface area (Å²) >= 11 is 3.35. The summed E-state index contributed by atoms with van der Waals surface area (Å²) < 4.78 is 25.6. The van der Waals surface area contributed by atoms with E-state index in [9.17, 15) is 13.2 Å². The number of halogens is 1. The standard InChI is InChI=1S/C19H24BrNO3S/c20-17-3-1-2-12(9-17)10-25(23,24)11-18(22)21-19-15-5-13-4-14(7-15)8-16(19)6-13/h1-3,9,13-16,19H,4-8,10-11H2,(H,21,22). The number of hydrogen-bond donors (Lipinski definition) is 1. The van der Waals surface area contributed by atoms with E-state index >= 15 is 0 Å². The Morgan fingerprint density at radius 1 is 1.08 bits per heavy atom. The van der Waals surface area contributed by atoms with Crippen LogP contribution in [0, 0.1) is 23.7 Å². The molecule has 5 rings (SSSR count). The number of sulfone groups is 1. The van der Waals surface area contributed by atoms with Gasteiger partial charge in [0, 0.05) is 10.5 Å². The first-order valence-electron chi connectivity index (χ1n) is 9.12. The lowest BCUT2D eigenvalue weighted by molar-refractivity contribution is -0.122. The van der Waals surface area contributed by atoms with Crippen LogP contribution in [-0.4, -0.2) is 26.1 Å². The minimum absolute atomic E-state index is 0.0957. The highest BCUT2D eigenvalue weighted by molar-refractivity contribution is 9.10. The minimum Gasteiger partial charge on any atom is -0.352 e. The van der Waals surface area contributed by atoms with Crippen molar-refractivity contribution < 1.29 is 13.2 Å². The van der Waals surface area contributed by atoms with Crippen LogP contribution in [0.25, 0.3) is 0 Å². The van der Waals surface area contributed by atoms with E-state index in [0.717, 1.165) is 16.3 Å². The quantitative estimate of drug-likeness (QED) is 0.786. The molecule has 6 heteroatoms. The van der Waals surface area contributed by atoms with Crippen LogP contribution in [0.5, 0.6) is 0 Å². The SMILES string of the molecule is O=C(CS(=O)(=O)Cc1cccc(Br)c1)NC1C2CC3CC(C2)CC1C3. The van der Waals surface area contributed by atoms with Crippen molar-refractivity contribution in [1.29, 1.82) is 0 Å². The molecule has 4 fully saturated rings. The van der Waals surface area contributed by atoms with E-state index in [1.807, 2.05) is 12.1 Å². The fourth-order valence-electron chi connectivity index (χ4n) is 5.52. The highest BCUT2D eigenvalue weighted by Crippen LogP contribution is 2.53. The highest BCUT2D eigenvalue weighted by Gasteiger charge is 2.48. The summed E-state index contributed by atoms with van der Waals surface area (Å²) in [7, 11) is -3.46. The number of benzene rings is 1. The number of amides is 1. The molecule has 0 heterocycles. The second-order valence-electron chi connectivity index (χ2n) is 8.19.